The Hall–Kier alpha value is -1.25. The van der Waals surface area contributed by atoms with Crippen LogP contribution in [-0.2, 0) is 23.2 Å². The maximum absolute atomic E-state index is 11.1. The number of carbonyl (C=O) groups excluding carboxylic acids is 1. The summed E-state index contributed by atoms with van der Waals surface area (Å²) in [6.45, 7) is 4.03. The van der Waals surface area contributed by atoms with Gasteiger partial charge in [-0.05, 0) is 6.07 Å². The number of rotatable bonds is 3. The van der Waals surface area contributed by atoms with E-state index in [4.69, 9.17) is 4.74 Å². The van der Waals surface area contributed by atoms with Crippen molar-refractivity contribution in [1.82, 2.24) is 4.57 Å². The van der Waals surface area contributed by atoms with Crippen LogP contribution in [0.4, 0.5) is 0 Å². The zero-order valence-electron chi connectivity index (χ0n) is 8.28. The molecule has 1 rings (SSSR count). The molecular formula is C10H15NO2. The van der Waals surface area contributed by atoms with E-state index >= 15 is 0 Å². The number of ether oxygens (including phenoxy) is 1. The first kappa shape index (κ1) is 9.84. The molecule has 3 heteroatoms. The molecule has 0 atom stereocenters. The minimum Gasteiger partial charge on any atom is -0.461 e. The minimum atomic E-state index is -0.149. The fourth-order valence-electron chi connectivity index (χ4n) is 0.967. The summed E-state index contributed by atoms with van der Waals surface area (Å²) < 4.78 is 6.98. The Morgan fingerprint density at radius 1 is 1.62 bits per heavy atom. The van der Waals surface area contributed by atoms with E-state index in [0.29, 0.717) is 6.61 Å². The molecule has 0 N–H and O–H groups in total. The molecule has 72 valence electrons. The molecule has 0 aromatic carbocycles. The van der Waals surface area contributed by atoms with Crippen molar-refractivity contribution in [2.24, 2.45) is 13.0 Å². The lowest BCUT2D eigenvalue weighted by atomic mass is 10.2. The molecule has 0 saturated carbocycles. The number of hydrogen-bond donors (Lipinski definition) is 0. The van der Waals surface area contributed by atoms with Crippen LogP contribution in [0.15, 0.2) is 18.5 Å². The van der Waals surface area contributed by atoms with Crippen LogP contribution in [0.1, 0.15) is 19.4 Å². The van der Waals surface area contributed by atoms with Crippen molar-refractivity contribution in [2.45, 2.75) is 20.5 Å². The van der Waals surface area contributed by atoms with Crippen molar-refractivity contribution in [3.63, 3.8) is 0 Å². The highest BCUT2D eigenvalue weighted by Gasteiger charge is 2.08. The van der Waals surface area contributed by atoms with E-state index in [9.17, 15) is 4.79 Å². The molecule has 1 heterocycles. The minimum absolute atomic E-state index is 0.0521. The second-order valence-electron chi connectivity index (χ2n) is 3.45. The molecule has 0 aliphatic rings. The molecule has 0 spiro atoms. The van der Waals surface area contributed by atoms with E-state index in [1.54, 1.807) is 0 Å². The normalized spacial score (nSPS) is 10.5. The molecule has 0 saturated heterocycles. The summed E-state index contributed by atoms with van der Waals surface area (Å²) in [5.74, 6) is -0.201. The Balaban J connectivity index is 2.39. The first-order chi connectivity index (χ1) is 6.09. The van der Waals surface area contributed by atoms with Crippen LogP contribution >= 0.6 is 0 Å². The van der Waals surface area contributed by atoms with Gasteiger partial charge < -0.3 is 9.30 Å². The number of nitrogens with zero attached hydrogens (tertiary/aromatic N) is 1. The Bertz CT molecular complexity index is 289. The molecule has 1 aromatic rings. The summed E-state index contributed by atoms with van der Waals surface area (Å²) in [4.78, 5) is 11.1. The predicted molar refractivity (Wildman–Crippen MR) is 50.0 cm³/mol. The van der Waals surface area contributed by atoms with Crippen molar-refractivity contribution < 1.29 is 9.53 Å². The highest BCUT2D eigenvalue weighted by molar-refractivity contribution is 5.71. The Kier molecular flexibility index (Phi) is 3.12. The molecular weight excluding hydrogens is 166 g/mol. The van der Waals surface area contributed by atoms with Crippen molar-refractivity contribution >= 4 is 5.97 Å². The Morgan fingerprint density at radius 2 is 2.31 bits per heavy atom. The monoisotopic (exact) mass is 181 g/mol. The van der Waals surface area contributed by atoms with Gasteiger partial charge in [0.2, 0.25) is 0 Å². The summed E-state index contributed by atoms with van der Waals surface area (Å²) in [6, 6.07) is 1.94. The lowest BCUT2D eigenvalue weighted by Gasteiger charge is -2.04. The van der Waals surface area contributed by atoms with E-state index in [1.165, 1.54) is 0 Å². The molecule has 0 bridgehead atoms. The average molecular weight is 181 g/mol. The predicted octanol–water partition coefficient (Wildman–Crippen LogP) is 1.72. The molecule has 13 heavy (non-hydrogen) atoms. The number of aryl methyl sites for hydroxylation is 1. The largest absolute Gasteiger partial charge is 0.461 e. The van der Waals surface area contributed by atoms with Crippen molar-refractivity contribution in [1.29, 1.82) is 0 Å². The molecule has 1 aromatic heterocycles. The third-order valence-corrected chi connectivity index (χ3v) is 1.75. The molecule has 0 aliphatic carbocycles. The summed E-state index contributed by atoms with van der Waals surface area (Å²) in [5.41, 5.74) is 1.02. The maximum atomic E-state index is 11.1. The lowest BCUT2D eigenvalue weighted by molar-refractivity contribution is -0.148. The molecule has 0 amide bonds. The highest BCUT2D eigenvalue weighted by atomic mass is 16.5. The topological polar surface area (TPSA) is 31.2 Å². The van der Waals surface area contributed by atoms with Gasteiger partial charge in [-0.2, -0.15) is 0 Å². The summed E-state index contributed by atoms with van der Waals surface area (Å²) >= 11 is 0. The fourth-order valence-corrected chi connectivity index (χ4v) is 0.967. The highest BCUT2D eigenvalue weighted by Crippen LogP contribution is 2.04. The zero-order chi connectivity index (χ0) is 9.84. The van der Waals surface area contributed by atoms with E-state index in [-0.39, 0.29) is 11.9 Å². The quantitative estimate of drug-likeness (QED) is 0.665. The molecule has 0 aliphatic heterocycles. The van der Waals surface area contributed by atoms with E-state index in [2.05, 4.69) is 0 Å². The van der Waals surface area contributed by atoms with Gasteiger partial charge in [0.1, 0.15) is 6.61 Å². The molecule has 0 unspecified atom stereocenters. The third kappa shape index (κ3) is 2.93. The molecule has 3 nitrogen and oxygen atoms in total. The van der Waals surface area contributed by atoms with Crippen molar-refractivity contribution in [3.8, 4) is 0 Å². The van der Waals surface area contributed by atoms with Gasteiger partial charge in [-0.3, -0.25) is 4.79 Å². The number of hydrogen-bond acceptors (Lipinski definition) is 2. The van der Waals surface area contributed by atoms with E-state index in [1.807, 2.05) is 43.9 Å². The van der Waals surface area contributed by atoms with Gasteiger partial charge in [-0.25, -0.2) is 0 Å². The number of aromatic nitrogens is 1. The van der Waals surface area contributed by atoms with Crippen molar-refractivity contribution in [2.75, 3.05) is 0 Å². The zero-order valence-corrected chi connectivity index (χ0v) is 8.28. The standard InChI is InChI=1S/C10H15NO2/c1-8(2)10(12)13-7-9-4-5-11(3)6-9/h4-6,8H,7H2,1-3H3. The summed E-state index contributed by atoms with van der Waals surface area (Å²) in [6.07, 6.45) is 3.87. The number of esters is 1. The average Bonchev–Trinajstić information content (AvgIpc) is 2.47. The molecule has 0 fully saturated rings. The van der Waals surface area contributed by atoms with Gasteiger partial charge in [0.25, 0.3) is 0 Å². The van der Waals surface area contributed by atoms with Crippen LogP contribution in [0.2, 0.25) is 0 Å². The SMILES string of the molecule is CC(C)C(=O)OCc1ccn(C)c1. The van der Waals surface area contributed by atoms with Gasteiger partial charge in [0, 0.05) is 25.0 Å². The second kappa shape index (κ2) is 4.12. The van der Waals surface area contributed by atoms with Gasteiger partial charge in [0.15, 0.2) is 0 Å². The Labute approximate surface area is 78.3 Å². The number of carbonyl (C=O) groups is 1. The van der Waals surface area contributed by atoms with Gasteiger partial charge in [0.05, 0.1) is 5.92 Å². The summed E-state index contributed by atoms with van der Waals surface area (Å²) in [7, 11) is 1.94. The smallest absolute Gasteiger partial charge is 0.308 e. The lowest BCUT2D eigenvalue weighted by Crippen LogP contribution is -2.11. The van der Waals surface area contributed by atoms with Crippen LogP contribution in [0.25, 0.3) is 0 Å². The summed E-state index contributed by atoms with van der Waals surface area (Å²) in [5, 5.41) is 0. The van der Waals surface area contributed by atoms with Crippen LogP contribution in [0, 0.1) is 5.92 Å². The first-order valence-corrected chi connectivity index (χ1v) is 4.37. The van der Waals surface area contributed by atoms with Crippen LogP contribution in [0.5, 0.6) is 0 Å². The van der Waals surface area contributed by atoms with Crippen LogP contribution in [0.3, 0.4) is 0 Å². The first-order valence-electron chi connectivity index (χ1n) is 4.37. The van der Waals surface area contributed by atoms with Crippen LogP contribution < -0.4 is 0 Å². The van der Waals surface area contributed by atoms with Crippen LogP contribution in [-0.4, -0.2) is 10.5 Å². The maximum Gasteiger partial charge on any atom is 0.308 e. The third-order valence-electron chi connectivity index (χ3n) is 1.75. The second-order valence-corrected chi connectivity index (χ2v) is 3.45. The van der Waals surface area contributed by atoms with Gasteiger partial charge in [-0.1, -0.05) is 13.8 Å². The van der Waals surface area contributed by atoms with Crippen molar-refractivity contribution in [3.05, 3.63) is 24.0 Å². The van der Waals surface area contributed by atoms with E-state index < -0.39 is 0 Å². The van der Waals surface area contributed by atoms with Gasteiger partial charge in [-0.15, -0.1) is 0 Å². The fraction of sp³-hybridized carbons (Fsp3) is 0.500. The molecule has 0 radical (unpaired) electrons. The van der Waals surface area contributed by atoms with E-state index in [0.717, 1.165) is 5.56 Å². The van der Waals surface area contributed by atoms with Gasteiger partial charge >= 0.3 is 5.97 Å². The Morgan fingerprint density at radius 3 is 2.77 bits per heavy atom.